The summed E-state index contributed by atoms with van der Waals surface area (Å²) in [5.41, 5.74) is 2.02. The van der Waals surface area contributed by atoms with Crippen LogP contribution < -0.4 is 4.74 Å². The highest BCUT2D eigenvalue weighted by Gasteiger charge is 2.16. The first-order valence-corrected chi connectivity index (χ1v) is 6.13. The fourth-order valence-corrected chi connectivity index (χ4v) is 2.42. The predicted octanol–water partition coefficient (Wildman–Crippen LogP) is 3.06. The molecule has 0 heterocycles. The van der Waals surface area contributed by atoms with E-state index in [1.54, 1.807) is 0 Å². The van der Waals surface area contributed by atoms with Gasteiger partial charge in [0.2, 0.25) is 0 Å². The van der Waals surface area contributed by atoms with E-state index in [0.717, 1.165) is 23.5 Å². The van der Waals surface area contributed by atoms with Gasteiger partial charge in [-0.25, -0.2) is 0 Å². The van der Waals surface area contributed by atoms with E-state index in [0.29, 0.717) is 5.92 Å². The number of aryl methyl sites for hydroxylation is 1. The van der Waals surface area contributed by atoms with Gasteiger partial charge in [-0.15, -0.1) is 0 Å². The van der Waals surface area contributed by atoms with Gasteiger partial charge in [0, 0.05) is 5.56 Å². The van der Waals surface area contributed by atoms with Crippen molar-refractivity contribution in [3.05, 3.63) is 29.3 Å². The van der Waals surface area contributed by atoms with Gasteiger partial charge in [0.05, 0.1) is 13.2 Å². The molecule has 2 nitrogen and oxygen atoms in total. The lowest BCUT2D eigenvalue weighted by atomic mass is 10.1. The third-order valence-electron chi connectivity index (χ3n) is 3.40. The molecule has 1 saturated carbocycles. The molecule has 0 atom stereocenters. The molecule has 1 aliphatic rings. The quantitative estimate of drug-likeness (QED) is 0.845. The minimum absolute atomic E-state index is 0.0572. The Kier molecular flexibility index (Phi) is 3.83. The first-order chi connectivity index (χ1) is 7.81. The third kappa shape index (κ3) is 2.56. The van der Waals surface area contributed by atoms with Gasteiger partial charge in [-0.3, -0.25) is 0 Å². The SMILES string of the molecule is Cc1cccc(CO)c1OCC1CCCC1. The van der Waals surface area contributed by atoms with Crippen molar-refractivity contribution in [1.29, 1.82) is 0 Å². The van der Waals surface area contributed by atoms with Gasteiger partial charge < -0.3 is 9.84 Å². The first-order valence-electron chi connectivity index (χ1n) is 6.13. The van der Waals surface area contributed by atoms with Crippen molar-refractivity contribution in [3.8, 4) is 5.75 Å². The van der Waals surface area contributed by atoms with E-state index < -0.39 is 0 Å². The highest BCUT2D eigenvalue weighted by Crippen LogP contribution is 2.28. The maximum Gasteiger partial charge on any atom is 0.127 e. The Bertz CT molecular complexity index is 341. The summed E-state index contributed by atoms with van der Waals surface area (Å²) >= 11 is 0. The van der Waals surface area contributed by atoms with E-state index in [1.807, 2.05) is 25.1 Å². The van der Waals surface area contributed by atoms with E-state index in [2.05, 4.69) is 0 Å². The van der Waals surface area contributed by atoms with Gasteiger partial charge >= 0.3 is 0 Å². The van der Waals surface area contributed by atoms with Crippen LogP contribution in [0.5, 0.6) is 5.75 Å². The second-order valence-corrected chi connectivity index (χ2v) is 4.68. The molecule has 0 amide bonds. The summed E-state index contributed by atoms with van der Waals surface area (Å²) in [6, 6.07) is 5.92. The monoisotopic (exact) mass is 220 g/mol. The van der Waals surface area contributed by atoms with Crippen molar-refractivity contribution in [1.82, 2.24) is 0 Å². The molecular formula is C14H20O2. The molecule has 16 heavy (non-hydrogen) atoms. The zero-order valence-corrected chi connectivity index (χ0v) is 9.91. The van der Waals surface area contributed by atoms with E-state index in [1.165, 1.54) is 25.7 Å². The fraction of sp³-hybridized carbons (Fsp3) is 0.571. The van der Waals surface area contributed by atoms with Crippen LogP contribution in [0.25, 0.3) is 0 Å². The second-order valence-electron chi connectivity index (χ2n) is 4.68. The maximum absolute atomic E-state index is 9.25. The lowest BCUT2D eigenvalue weighted by molar-refractivity contribution is 0.233. The maximum atomic E-state index is 9.25. The average molecular weight is 220 g/mol. The molecule has 0 aromatic heterocycles. The van der Waals surface area contributed by atoms with Crippen LogP contribution in [-0.2, 0) is 6.61 Å². The molecule has 2 heteroatoms. The number of para-hydroxylation sites is 1. The summed E-state index contributed by atoms with van der Waals surface area (Å²) in [5, 5.41) is 9.25. The fourth-order valence-electron chi connectivity index (χ4n) is 2.42. The van der Waals surface area contributed by atoms with Gasteiger partial charge in [-0.1, -0.05) is 31.0 Å². The van der Waals surface area contributed by atoms with Crippen LogP contribution in [0.1, 0.15) is 36.8 Å². The topological polar surface area (TPSA) is 29.5 Å². The Morgan fingerprint density at radius 2 is 2.06 bits per heavy atom. The van der Waals surface area contributed by atoms with Crippen LogP contribution in [0.2, 0.25) is 0 Å². The lowest BCUT2D eigenvalue weighted by Gasteiger charge is -2.15. The molecule has 1 aliphatic carbocycles. The van der Waals surface area contributed by atoms with Crippen molar-refractivity contribution in [2.75, 3.05) is 6.61 Å². The number of rotatable bonds is 4. The van der Waals surface area contributed by atoms with Crippen molar-refractivity contribution in [2.45, 2.75) is 39.2 Å². The van der Waals surface area contributed by atoms with Crippen molar-refractivity contribution >= 4 is 0 Å². The molecule has 1 aromatic carbocycles. The highest BCUT2D eigenvalue weighted by molar-refractivity contribution is 5.40. The second kappa shape index (κ2) is 5.35. The normalized spacial score (nSPS) is 16.6. The number of ether oxygens (including phenoxy) is 1. The summed E-state index contributed by atoms with van der Waals surface area (Å²) in [5.74, 6) is 1.60. The predicted molar refractivity (Wildman–Crippen MR) is 64.6 cm³/mol. The summed E-state index contributed by atoms with van der Waals surface area (Å²) in [7, 11) is 0. The van der Waals surface area contributed by atoms with Crippen LogP contribution in [0.3, 0.4) is 0 Å². The van der Waals surface area contributed by atoms with Crippen molar-refractivity contribution < 1.29 is 9.84 Å². The van der Waals surface area contributed by atoms with Gasteiger partial charge in [0.1, 0.15) is 5.75 Å². The molecular weight excluding hydrogens is 200 g/mol. The van der Waals surface area contributed by atoms with E-state index >= 15 is 0 Å². The van der Waals surface area contributed by atoms with E-state index in [-0.39, 0.29) is 6.61 Å². The molecule has 1 N–H and O–H groups in total. The third-order valence-corrected chi connectivity index (χ3v) is 3.40. The van der Waals surface area contributed by atoms with Gasteiger partial charge in [-0.05, 0) is 31.2 Å². The molecule has 1 aromatic rings. The number of hydrogen-bond acceptors (Lipinski definition) is 2. The average Bonchev–Trinajstić information content (AvgIpc) is 2.80. The molecule has 2 rings (SSSR count). The number of hydrogen-bond donors (Lipinski definition) is 1. The molecule has 1 fully saturated rings. The molecule has 0 aliphatic heterocycles. The van der Waals surface area contributed by atoms with Crippen LogP contribution in [-0.4, -0.2) is 11.7 Å². The van der Waals surface area contributed by atoms with Crippen LogP contribution in [0.4, 0.5) is 0 Å². The largest absolute Gasteiger partial charge is 0.493 e. The number of aliphatic hydroxyl groups excluding tert-OH is 1. The zero-order valence-electron chi connectivity index (χ0n) is 9.91. The molecule has 0 radical (unpaired) electrons. The van der Waals surface area contributed by atoms with Crippen LogP contribution in [0.15, 0.2) is 18.2 Å². The molecule has 0 bridgehead atoms. The minimum Gasteiger partial charge on any atom is -0.493 e. The van der Waals surface area contributed by atoms with Crippen LogP contribution in [0, 0.1) is 12.8 Å². The standard InChI is InChI=1S/C14H20O2/c1-11-5-4-8-13(9-15)14(11)16-10-12-6-2-3-7-12/h4-5,8,12,15H,2-3,6-7,9-10H2,1H3. The Morgan fingerprint density at radius 1 is 1.31 bits per heavy atom. The Hall–Kier alpha value is -1.02. The van der Waals surface area contributed by atoms with E-state index in [4.69, 9.17) is 4.74 Å². The number of aliphatic hydroxyl groups is 1. The minimum atomic E-state index is 0.0572. The Morgan fingerprint density at radius 3 is 2.75 bits per heavy atom. The van der Waals surface area contributed by atoms with Crippen molar-refractivity contribution in [2.24, 2.45) is 5.92 Å². The molecule has 0 spiro atoms. The Balaban J connectivity index is 2.01. The summed E-state index contributed by atoms with van der Waals surface area (Å²) in [6.45, 7) is 2.89. The van der Waals surface area contributed by atoms with Crippen LogP contribution >= 0.6 is 0 Å². The smallest absolute Gasteiger partial charge is 0.127 e. The Labute approximate surface area is 97.3 Å². The molecule has 0 unspecified atom stereocenters. The number of benzene rings is 1. The summed E-state index contributed by atoms with van der Waals surface area (Å²) in [6.07, 6.45) is 5.27. The van der Waals surface area contributed by atoms with Gasteiger partial charge in [0.25, 0.3) is 0 Å². The van der Waals surface area contributed by atoms with Gasteiger partial charge in [-0.2, -0.15) is 0 Å². The molecule has 88 valence electrons. The lowest BCUT2D eigenvalue weighted by Crippen LogP contribution is -2.10. The zero-order chi connectivity index (χ0) is 11.4. The van der Waals surface area contributed by atoms with E-state index in [9.17, 15) is 5.11 Å². The molecule has 0 saturated heterocycles. The first kappa shape index (κ1) is 11.5. The van der Waals surface area contributed by atoms with Gasteiger partial charge in [0.15, 0.2) is 0 Å². The highest BCUT2D eigenvalue weighted by atomic mass is 16.5. The summed E-state index contributed by atoms with van der Waals surface area (Å²) < 4.78 is 5.88. The summed E-state index contributed by atoms with van der Waals surface area (Å²) in [4.78, 5) is 0. The van der Waals surface area contributed by atoms with Crippen molar-refractivity contribution in [3.63, 3.8) is 0 Å².